The molecule has 1 saturated carbocycles. The smallest absolute Gasteiger partial charge is 0.222 e. The van der Waals surface area contributed by atoms with E-state index in [2.05, 4.69) is 15.3 Å². The minimum absolute atomic E-state index is 0.257. The van der Waals surface area contributed by atoms with Crippen molar-refractivity contribution in [3.63, 3.8) is 0 Å². The molecule has 16 heavy (non-hydrogen) atoms. The number of nitrogens with two attached hydrogens (primary N) is 1. The van der Waals surface area contributed by atoms with Gasteiger partial charge < -0.3 is 16.2 Å². The standard InChI is InChI=1S/C11H18N4O/c1-8-6-9(15-10(12)14-8)13-7-11(2-3-11)4-5-16/h6,16H,2-5,7H2,1H3,(H3,12,13,14,15). The van der Waals surface area contributed by atoms with Crippen molar-refractivity contribution in [1.29, 1.82) is 0 Å². The molecule has 1 heterocycles. The fraction of sp³-hybridized carbons (Fsp3) is 0.636. The Morgan fingerprint density at radius 2 is 2.25 bits per heavy atom. The van der Waals surface area contributed by atoms with E-state index < -0.39 is 0 Å². The molecule has 1 aliphatic rings. The summed E-state index contributed by atoms with van der Waals surface area (Å²) < 4.78 is 0. The lowest BCUT2D eigenvalue weighted by molar-refractivity contribution is 0.253. The Hall–Kier alpha value is -1.36. The van der Waals surface area contributed by atoms with Gasteiger partial charge in [0.25, 0.3) is 0 Å². The van der Waals surface area contributed by atoms with Crippen LogP contribution in [0.4, 0.5) is 11.8 Å². The van der Waals surface area contributed by atoms with Crippen molar-refractivity contribution in [2.75, 3.05) is 24.2 Å². The number of nitrogen functional groups attached to an aromatic ring is 1. The van der Waals surface area contributed by atoms with Crippen LogP contribution in [0.25, 0.3) is 0 Å². The van der Waals surface area contributed by atoms with E-state index in [-0.39, 0.29) is 12.0 Å². The highest BCUT2D eigenvalue weighted by molar-refractivity contribution is 5.40. The fourth-order valence-electron chi connectivity index (χ4n) is 1.89. The summed E-state index contributed by atoms with van der Waals surface area (Å²) in [5, 5.41) is 12.2. The Labute approximate surface area is 95.1 Å². The number of nitrogens with one attached hydrogen (secondary N) is 1. The van der Waals surface area contributed by atoms with Crippen molar-refractivity contribution >= 4 is 11.8 Å². The van der Waals surface area contributed by atoms with Gasteiger partial charge in [0.05, 0.1) is 0 Å². The minimum atomic E-state index is 0.257. The van der Waals surface area contributed by atoms with Crippen LogP contribution in [0.5, 0.6) is 0 Å². The zero-order chi connectivity index (χ0) is 11.6. The number of anilines is 2. The molecule has 0 aromatic carbocycles. The van der Waals surface area contributed by atoms with Gasteiger partial charge >= 0.3 is 0 Å². The molecule has 0 spiro atoms. The average molecular weight is 222 g/mol. The van der Waals surface area contributed by atoms with Gasteiger partial charge in [-0.05, 0) is 31.6 Å². The predicted molar refractivity (Wildman–Crippen MR) is 63.0 cm³/mol. The first-order chi connectivity index (χ1) is 7.63. The van der Waals surface area contributed by atoms with E-state index in [4.69, 9.17) is 10.8 Å². The molecule has 5 heteroatoms. The van der Waals surface area contributed by atoms with Crippen molar-refractivity contribution < 1.29 is 5.11 Å². The summed E-state index contributed by atoms with van der Waals surface area (Å²) in [6.07, 6.45) is 3.22. The number of hydrogen-bond acceptors (Lipinski definition) is 5. The van der Waals surface area contributed by atoms with Crippen LogP contribution in [-0.4, -0.2) is 28.2 Å². The summed E-state index contributed by atoms with van der Waals surface area (Å²) in [6.45, 7) is 3.00. The van der Waals surface area contributed by atoms with Gasteiger partial charge in [0, 0.05) is 24.9 Å². The molecule has 0 aliphatic heterocycles. The number of aliphatic hydroxyl groups is 1. The van der Waals surface area contributed by atoms with Crippen molar-refractivity contribution in [3.8, 4) is 0 Å². The van der Waals surface area contributed by atoms with Crippen LogP contribution in [0.3, 0.4) is 0 Å². The lowest BCUT2D eigenvalue weighted by Crippen LogP contribution is -2.18. The summed E-state index contributed by atoms with van der Waals surface area (Å²) in [5.41, 5.74) is 6.71. The zero-order valence-electron chi connectivity index (χ0n) is 9.53. The van der Waals surface area contributed by atoms with Gasteiger partial charge in [-0.3, -0.25) is 0 Å². The first-order valence-corrected chi connectivity index (χ1v) is 5.59. The van der Waals surface area contributed by atoms with Gasteiger partial charge in [-0.2, -0.15) is 4.98 Å². The minimum Gasteiger partial charge on any atom is -0.396 e. The Morgan fingerprint density at radius 1 is 1.50 bits per heavy atom. The van der Waals surface area contributed by atoms with Crippen molar-refractivity contribution in [3.05, 3.63) is 11.8 Å². The van der Waals surface area contributed by atoms with Crippen LogP contribution >= 0.6 is 0 Å². The molecule has 0 amide bonds. The Morgan fingerprint density at radius 3 is 2.81 bits per heavy atom. The number of aryl methyl sites for hydroxylation is 1. The van der Waals surface area contributed by atoms with Crippen LogP contribution < -0.4 is 11.1 Å². The third-order valence-electron chi connectivity index (χ3n) is 3.12. The zero-order valence-corrected chi connectivity index (χ0v) is 9.53. The van der Waals surface area contributed by atoms with Gasteiger partial charge in [0.15, 0.2) is 0 Å². The normalized spacial score (nSPS) is 17.1. The van der Waals surface area contributed by atoms with E-state index in [0.29, 0.717) is 5.95 Å². The summed E-state index contributed by atoms with van der Waals surface area (Å²) in [4.78, 5) is 8.14. The molecule has 2 rings (SSSR count). The van der Waals surface area contributed by atoms with Crippen molar-refractivity contribution in [2.45, 2.75) is 26.2 Å². The number of rotatable bonds is 5. The third kappa shape index (κ3) is 2.61. The van der Waals surface area contributed by atoms with E-state index in [1.54, 1.807) is 0 Å². The van der Waals surface area contributed by atoms with Crippen LogP contribution in [0.2, 0.25) is 0 Å². The van der Waals surface area contributed by atoms with Crippen molar-refractivity contribution in [2.24, 2.45) is 5.41 Å². The second-order valence-electron chi connectivity index (χ2n) is 4.58. The lowest BCUT2D eigenvalue weighted by Gasteiger charge is -2.15. The molecule has 1 aromatic heterocycles. The monoisotopic (exact) mass is 222 g/mol. The summed E-state index contributed by atoms with van der Waals surface area (Å²) in [6, 6.07) is 1.88. The SMILES string of the molecule is Cc1cc(NCC2(CCO)CC2)nc(N)n1. The maximum absolute atomic E-state index is 8.95. The third-order valence-corrected chi connectivity index (χ3v) is 3.12. The maximum atomic E-state index is 8.95. The highest BCUT2D eigenvalue weighted by Gasteiger charge is 2.41. The number of hydrogen-bond donors (Lipinski definition) is 3. The number of aliphatic hydroxyl groups excluding tert-OH is 1. The molecule has 0 radical (unpaired) electrons. The Bertz CT molecular complexity index is 356. The topological polar surface area (TPSA) is 84.1 Å². The van der Waals surface area contributed by atoms with Gasteiger partial charge in [-0.25, -0.2) is 4.98 Å². The number of nitrogens with zero attached hydrogens (tertiary/aromatic N) is 2. The molecule has 5 nitrogen and oxygen atoms in total. The molecule has 0 bridgehead atoms. The fourth-order valence-corrected chi connectivity index (χ4v) is 1.89. The predicted octanol–water partition coefficient (Wildman–Crippen LogP) is 0.942. The molecule has 1 aliphatic carbocycles. The van der Waals surface area contributed by atoms with Crippen LogP contribution in [0.1, 0.15) is 25.0 Å². The molecular formula is C11H18N4O. The van der Waals surface area contributed by atoms with E-state index >= 15 is 0 Å². The first-order valence-electron chi connectivity index (χ1n) is 5.59. The highest BCUT2D eigenvalue weighted by Crippen LogP contribution is 2.48. The summed E-state index contributed by atoms with van der Waals surface area (Å²) in [7, 11) is 0. The van der Waals surface area contributed by atoms with E-state index in [0.717, 1.165) is 24.5 Å². The van der Waals surface area contributed by atoms with Gasteiger partial charge in [0.1, 0.15) is 5.82 Å². The van der Waals surface area contributed by atoms with Crippen LogP contribution in [-0.2, 0) is 0 Å². The molecule has 4 N–H and O–H groups in total. The summed E-state index contributed by atoms with van der Waals surface area (Å²) >= 11 is 0. The summed E-state index contributed by atoms with van der Waals surface area (Å²) in [5.74, 6) is 1.07. The van der Waals surface area contributed by atoms with Crippen LogP contribution in [0.15, 0.2) is 6.07 Å². The highest BCUT2D eigenvalue weighted by atomic mass is 16.3. The molecule has 0 unspecified atom stereocenters. The molecule has 0 saturated heterocycles. The molecule has 1 fully saturated rings. The van der Waals surface area contributed by atoms with Gasteiger partial charge in [0.2, 0.25) is 5.95 Å². The molecule has 88 valence electrons. The first kappa shape index (κ1) is 11.1. The van der Waals surface area contributed by atoms with Crippen molar-refractivity contribution in [1.82, 2.24) is 9.97 Å². The molecule has 1 aromatic rings. The second kappa shape index (κ2) is 4.25. The largest absolute Gasteiger partial charge is 0.396 e. The molecular weight excluding hydrogens is 204 g/mol. The van der Waals surface area contributed by atoms with Gasteiger partial charge in [-0.1, -0.05) is 0 Å². The number of aromatic nitrogens is 2. The Balaban J connectivity index is 1.94. The Kier molecular flexibility index (Phi) is 2.96. The van der Waals surface area contributed by atoms with Crippen LogP contribution in [0, 0.1) is 12.3 Å². The lowest BCUT2D eigenvalue weighted by atomic mass is 10.0. The second-order valence-corrected chi connectivity index (χ2v) is 4.58. The quantitative estimate of drug-likeness (QED) is 0.690. The average Bonchev–Trinajstić information content (AvgIpc) is 2.95. The van der Waals surface area contributed by atoms with E-state index in [9.17, 15) is 0 Å². The maximum Gasteiger partial charge on any atom is 0.222 e. The van der Waals surface area contributed by atoms with E-state index in [1.165, 1.54) is 12.8 Å². The van der Waals surface area contributed by atoms with E-state index in [1.807, 2.05) is 13.0 Å². The molecule has 0 atom stereocenters. The van der Waals surface area contributed by atoms with Gasteiger partial charge in [-0.15, -0.1) is 0 Å².